The first kappa shape index (κ1) is 21.1. The van der Waals surface area contributed by atoms with Crippen LogP contribution in [0, 0.1) is 0 Å². The van der Waals surface area contributed by atoms with Gasteiger partial charge in [0.05, 0.1) is 17.3 Å². The number of aliphatic hydroxyl groups is 1. The number of likely N-dealkylation sites (tertiary alicyclic amines) is 1. The second-order valence-corrected chi connectivity index (χ2v) is 9.93. The molecule has 2 aromatic heterocycles. The van der Waals surface area contributed by atoms with E-state index in [1.165, 1.54) is 0 Å². The average molecular weight is 452 g/mol. The Hall–Kier alpha value is -2.78. The van der Waals surface area contributed by atoms with Gasteiger partial charge in [-0.15, -0.1) is 0 Å². The highest BCUT2D eigenvalue weighted by atomic mass is 32.2. The summed E-state index contributed by atoms with van der Waals surface area (Å²) in [5.74, 6) is 0. The Labute approximate surface area is 186 Å². The molecule has 166 valence electrons. The van der Waals surface area contributed by atoms with E-state index >= 15 is 0 Å². The second kappa shape index (κ2) is 8.63. The van der Waals surface area contributed by atoms with Gasteiger partial charge in [-0.1, -0.05) is 30.3 Å². The predicted octanol–water partition coefficient (Wildman–Crippen LogP) is 3.46. The quantitative estimate of drug-likeness (QED) is 0.466. The fourth-order valence-electron chi connectivity index (χ4n) is 4.44. The lowest BCUT2D eigenvalue weighted by Crippen LogP contribution is -2.45. The molecule has 7 nitrogen and oxygen atoms in total. The number of piperidine rings is 1. The molecule has 5 rings (SSSR count). The van der Waals surface area contributed by atoms with Gasteiger partial charge < -0.3 is 14.4 Å². The molecule has 8 heteroatoms. The van der Waals surface area contributed by atoms with E-state index in [2.05, 4.69) is 14.6 Å². The molecule has 1 aliphatic rings. The number of sulfonamides is 1. The smallest absolute Gasteiger partial charge is 0.241 e. The van der Waals surface area contributed by atoms with Gasteiger partial charge in [-0.2, -0.15) is 0 Å². The van der Waals surface area contributed by atoms with Crippen LogP contribution in [0.15, 0.2) is 76.5 Å². The third kappa shape index (κ3) is 4.14. The Morgan fingerprint density at radius 2 is 1.91 bits per heavy atom. The Kier molecular flexibility index (Phi) is 5.69. The first-order valence-electron chi connectivity index (χ1n) is 10.7. The molecule has 32 heavy (non-hydrogen) atoms. The van der Waals surface area contributed by atoms with Crippen molar-refractivity contribution >= 4 is 31.8 Å². The Morgan fingerprint density at radius 1 is 1.09 bits per heavy atom. The van der Waals surface area contributed by atoms with Crippen LogP contribution in [0.1, 0.15) is 24.5 Å². The number of aliphatic hydroxyl groups excluding tert-OH is 1. The molecule has 0 radical (unpaired) electrons. The van der Waals surface area contributed by atoms with E-state index in [1.54, 1.807) is 36.9 Å². The lowest BCUT2D eigenvalue weighted by Gasteiger charge is -2.33. The van der Waals surface area contributed by atoms with Crippen LogP contribution in [-0.4, -0.2) is 49.1 Å². The van der Waals surface area contributed by atoms with E-state index in [9.17, 15) is 13.5 Å². The minimum atomic E-state index is -3.64. The van der Waals surface area contributed by atoms with Crippen LogP contribution in [0.3, 0.4) is 0 Å². The molecule has 2 N–H and O–H groups in total. The summed E-state index contributed by atoms with van der Waals surface area (Å²) in [4.78, 5) is 6.52. The van der Waals surface area contributed by atoms with Crippen LogP contribution < -0.4 is 4.72 Å². The zero-order valence-electron chi connectivity index (χ0n) is 17.5. The number of fused-ring (bicyclic) bond motifs is 2. The molecule has 1 unspecified atom stereocenters. The van der Waals surface area contributed by atoms with Crippen LogP contribution in [0.25, 0.3) is 21.7 Å². The fraction of sp³-hybridized carbons (Fsp3) is 0.292. The number of nitrogens with zero attached hydrogens (tertiary/aromatic N) is 2. The highest BCUT2D eigenvalue weighted by molar-refractivity contribution is 7.89. The number of nitrogens with one attached hydrogen (secondary N) is 1. The molecule has 1 fully saturated rings. The van der Waals surface area contributed by atoms with Gasteiger partial charge in [0.1, 0.15) is 5.58 Å². The van der Waals surface area contributed by atoms with Crippen molar-refractivity contribution in [3.8, 4) is 0 Å². The molecule has 1 aliphatic heterocycles. The van der Waals surface area contributed by atoms with E-state index in [-0.39, 0.29) is 10.9 Å². The summed E-state index contributed by atoms with van der Waals surface area (Å²) in [6.45, 7) is 1.90. The van der Waals surface area contributed by atoms with Gasteiger partial charge in [-0.25, -0.2) is 13.1 Å². The molecule has 0 aliphatic carbocycles. The predicted molar refractivity (Wildman–Crippen MR) is 123 cm³/mol. The number of furan rings is 1. The molecule has 0 amide bonds. The molecular formula is C24H25N3O4S. The van der Waals surface area contributed by atoms with Crippen LogP contribution in [0.5, 0.6) is 0 Å². The van der Waals surface area contributed by atoms with Gasteiger partial charge in [-0.3, -0.25) is 4.98 Å². The molecule has 4 aromatic rings. The molecular weight excluding hydrogens is 426 g/mol. The highest BCUT2D eigenvalue weighted by Gasteiger charge is 2.27. The summed E-state index contributed by atoms with van der Waals surface area (Å²) in [5.41, 5.74) is 1.55. The van der Waals surface area contributed by atoms with E-state index < -0.39 is 16.1 Å². The van der Waals surface area contributed by atoms with Gasteiger partial charge in [0.15, 0.2) is 0 Å². The van der Waals surface area contributed by atoms with Crippen LogP contribution in [0.4, 0.5) is 0 Å². The lowest BCUT2D eigenvalue weighted by atomic mass is 10.0. The summed E-state index contributed by atoms with van der Waals surface area (Å²) >= 11 is 0. The minimum absolute atomic E-state index is 0.139. The molecule has 1 saturated heterocycles. The molecule has 2 aromatic carbocycles. The summed E-state index contributed by atoms with van der Waals surface area (Å²) in [6.07, 6.45) is 5.61. The van der Waals surface area contributed by atoms with E-state index in [1.807, 2.05) is 30.3 Å². The Morgan fingerprint density at radius 3 is 2.75 bits per heavy atom. The molecule has 0 spiro atoms. The number of pyridine rings is 1. The minimum Gasteiger partial charge on any atom is -0.464 e. The number of hydrogen-bond donors (Lipinski definition) is 2. The maximum Gasteiger partial charge on any atom is 0.241 e. The van der Waals surface area contributed by atoms with Crippen molar-refractivity contribution in [3.05, 3.63) is 72.8 Å². The Balaban J connectivity index is 1.22. The number of rotatable bonds is 6. The number of para-hydroxylation sites is 1. The second-order valence-electron chi connectivity index (χ2n) is 8.25. The van der Waals surface area contributed by atoms with E-state index in [4.69, 9.17) is 4.42 Å². The standard InChI is InChI=1S/C24H25N3O4S/c28-22(21-16-31-23-6-2-1-5-20(21)23)15-27-12-9-18(10-13-27)26-32(29,30)24-7-3-4-17-14-25-11-8-19(17)24/h1-8,11,14,16,18,22,26,28H,9-10,12-13,15H2. The first-order chi connectivity index (χ1) is 15.5. The molecule has 3 heterocycles. The van der Waals surface area contributed by atoms with Crippen molar-refractivity contribution < 1.29 is 17.9 Å². The summed E-state index contributed by atoms with van der Waals surface area (Å²) < 4.78 is 34.5. The molecule has 0 saturated carbocycles. The first-order valence-corrected chi connectivity index (χ1v) is 12.2. The molecule has 1 atom stereocenters. The van der Waals surface area contributed by atoms with E-state index in [0.717, 1.165) is 21.9 Å². The van der Waals surface area contributed by atoms with Gasteiger partial charge in [0.2, 0.25) is 10.0 Å². The van der Waals surface area contributed by atoms with E-state index in [0.29, 0.717) is 37.9 Å². The van der Waals surface area contributed by atoms with Crippen molar-refractivity contribution in [2.24, 2.45) is 0 Å². The average Bonchev–Trinajstić information content (AvgIpc) is 3.24. The van der Waals surface area contributed by atoms with Gasteiger partial charge in [0, 0.05) is 46.7 Å². The van der Waals surface area contributed by atoms with Gasteiger partial charge >= 0.3 is 0 Å². The van der Waals surface area contributed by atoms with Crippen molar-refractivity contribution in [1.82, 2.24) is 14.6 Å². The van der Waals surface area contributed by atoms with Crippen molar-refractivity contribution in [3.63, 3.8) is 0 Å². The maximum absolute atomic E-state index is 13.1. The number of benzene rings is 2. The largest absolute Gasteiger partial charge is 0.464 e. The zero-order chi connectivity index (χ0) is 22.1. The van der Waals surface area contributed by atoms with Crippen molar-refractivity contribution in [2.45, 2.75) is 29.9 Å². The summed E-state index contributed by atoms with van der Waals surface area (Å²) in [5, 5.41) is 13.1. The SMILES string of the molecule is O=S(=O)(NC1CCN(CC(O)c2coc3ccccc23)CC1)c1cccc2cnccc12. The Bertz CT molecular complexity index is 1340. The topological polar surface area (TPSA) is 95.7 Å². The van der Waals surface area contributed by atoms with Crippen LogP contribution >= 0.6 is 0 Å². The number of aromatic nitrogens is 1. The number of hydrogen-bond acceptors (Lipinski definition) is 6. The summed E-state index contributed by atoms with van der Waals surface area (Å²) in [7, 11) is -3.64. The third-order valence-corrected chi connectivity index (χ3v) is 7.72. The third-order valence-electron chi connectivity index (χ3n) is 6.14. The lowest BCUT2D eigenvalue weighted by molar-refractivity contribution is 0.0966. The van der Waals surface area contributed by atoms with Crippen molar-refractivity contribution in [2.75, 3.05) is 19.6 Å². The molecule has 0 bridgehead atoms. The van der Waals surface area contributed by atoms with Gasteiger partial charge in [0.25, 0.3) is 0 Å². The highest BCUT2D eigenvalue weighted by Crippen LogP contribution is 2.28. The van der Waals surface area contributed by atoms with Crippen LogP contribution in [-0.2, 0) is 10.0 Å². The normalized spacial score (nSPS) is 17.2. The summed E-state index contributed by atoms with van der Waals surface area (Å²) in [6, 6.07) is 14.5. The zero-order valence-corrected chi connectivity index (χ0v) is 18.3. The number of β-amino-alcohol motifs (C(OH)–C–C–N with tert-alkyl or cyclic N) is 1. The van der Waals surface area contributed by atoms with Gasteiger partial charge in [-0.05, 0) is 44.1 Å². The van der Waals surface area contributed by atoms with Crippen molar-refractivity contribution in [1.29, 1.82) is 0 Å². The monoisotopic (exact) mass is 451 g/mol. The fourth-order valence-corrected chi connectivity index (χ4v) is 5.98. The van der Waals surface area contributed by atoms with Crippen LogP contribution in [0.2, 0.25) is 0 Å². The maximum atomic E-state index is 13.1.